The zero-order valence-electron chi connectivity index (χ0n) is 12.5. The summed E-state index contributed by atoms with van der Waals surface area (Å²) in [5, 5.41) is 1.29. The van der Waals surface area contributed by atoms with Gasteiger partial charge in [0.05, 0.1) is 6.61 Å². The molecule has 1 saturated heterocycles. The van der Waals surface area contributed by atoms with Crippen LogP contribution in [0.4, 0.5) is 10.5 Å². The van der Waals surface area contributed by atoms with Gasteiger partial charge in [0.2, 0.25) is 11.8 Å². The third kappa shape index (κ3) is 4.56. The highest BCUT2D eigenvalue weighted by Gasteiger charge is 2.41. The number of rotatable bonds is 6. The largest absolute Gasteiger partial charge is 0.465 e. The predicted molar refractivity (Wildman–Crippen MR) is 84.8 cm³/mol. The summed E-state index contributed by atoms with van der Waals surface area (Å²) in [5.41, 5.74) is 0.614. The molecule has 0 aromatic heterocycles. The monoisotopic (exact) mass is 336 g/mol. The van der Waals surface area contributed by atoms with E-state index >= 15 is 0 Å². The fraction of sp³-hybridized carbons (Fsp3) is 0.333. The van der Waals surface area contributed by atoms with Crippen LogP contribution in [0.25, 0.3) is 0 Å². The summed E-state index contributed by atoms with van der Waals surface area (Å²) in [4.78, 5) is 48.1. The van der Waals surface area contributed by atoms with Gasteiger partial charge in [-0.3, -0.25) is 24.1 Å². The number of hydrogen-bond acceptors (Lipinski definition) is 6. The lowest BCUT2D eigenvalue weighted by Crippen LogP contribution is -2.37. The number of hydrogen-bond donors (Lipinski definition) is 1. The molecule has 1 aliphatic rings. The maximum absolute atomic E-state index is 12.1. The minimum atomic E-state index is -0.819. The first-order chi connectivity index (χ1) is 11.0. The van der Waals surface area contributed by atoms with Gasteiger partial charge in [0.1, 0.15) is 11.8 Å². The Morgan fingerprint density at radius 3 is 2.61 bits per heavy atom. The number of nitrogens with one attached hydrogen (secondary N) is 1. The molecule has 0 bridgehead atoms. The standard InChI is InChI=1S/C15H16N2O5S/c1-2-22-13(19)9-17-14(20)11(23-15(17)21)8-12(18)16-10-6-4-3-5-7-10/h3-7,11H,2,8-9H2,1H3,(H,16,18). The number of anilines is 1. The fourth-order valence-electron chi connectivity index (χ4n) is 2.01. The molecule has 3 amide bonds. The molecule has 23 heavy (non-hydrogen) atoms. The quantitative estimate of drug-likeness (QED) is 0.794. The molecule has 8 heteroatoms. The molecule has 1 fully saturated rings. The Bertz CT molecular complexity index is 620. The highest BCUT2D eigenvalue weighted by molar-refractivity contribution is 8.15. The van der Waals surface area contributed by atoms with Crippen LogP contribution in [0.2, 0.25) is 0 Å². The molecule has 1 heterocycles. The van der Waals surface area contributed by atoms with Crippen LogP contribution in [0, 0.1) is 0 Å². The fourth-order valence-corrected chi connectivity index (χ4v) is 3.00. The molecule has 1 aromatic carbocycles. The van der Waals surface area contributed by atoms with Gasteiger partial charge in [0.15, 0.2) is 0 Å². The number of thioether (sulfide) groups is 1. The molecule has 0 aliphatic carbocycles. The minimum Gasteiger partial charge on any atom is -0.465 e. The Morgan fingerprint density at radius 2 is 1.96 bits per heavy atom. The summed E-state index contributed by atoms with van der Waals surface area (Å²) >= 11 is 0.750. The lowest BCUT2D eigenvalue weighted by atomic mass is 10.2. The third-order valence-corrected chi connectivity index (χ3v) is 4.10. The maximum atomic E-state index is 12.1. The number of carbonyl (C=O) groups is 4. The van der Waals surface area contributed by atoms with Gasteiger partial charge in [0, 0.05) is 12.1 Å². The highest BCUT2D eigenvalue weighted by Crippen LogP contribution is 2.29. The topological polar surface area (TPSA) is 92.8 Å². The van der Waals surface area contributed by atoms with E-state index in [1.807, 2.05) is 6.07 Å². The van der Waals surface area contributed by atoms with E-state index in [4.69, 9.17) is 4.74 Å². The summed E-state index contributed by atoms with van der Waals surface area (Å²) in [7, 11) is 0. The number of ether oxygens (including phenoxy) is 1. The maximum Gasteiger partial charge on any atom is 0.326 e. The van der Waals surface area contributed by atoms with Gasteiger partial charge >= 0.3 is 5.97 Å². The second-order valence-corrected chi connectivity index (χ2v) is 5.87. The molecule has 1 N–H and O–H groups in total. The van der Waals surface area contributed by atoms with E-state index in [-0.39, 0.29) is 18.9 Å². The predicted octanol–water partition coefficient (Wildman–Crippen LogP) is 1.64. The SMILES string of the molecule is CCOC(=O)CN1C(=O)SC(CC(=O)Nc2ccccc2)C1=O. The van der Waals surface area contributed by atoms with Crippen LogP contribution >= 0.6 is 11.8 Å². The molecular weight excluding hydrogens is 320 g/mol. The van der Waals surface area contributed by atoms with Crippen molar-refractivity contribution < 1.29 is 23.9 Å². The summed E-state index contributed by atoms with van der Waals surface area (Å²) in [6.45, 7) is 1.39. The smallest absolute Gasteiger partial charge is 0.326 e. The Labute approximate surface area is 137 Å². The average Bonchev–Trinajstić information content (AvgIpc) is 2.76. The van der Waals surface area contributed by atoms with Crippen molar-refractivity contribution in [3.05, 3.63) is 30.3 Å². The van der Waals surface area contributed by atoms with Gasteiger partial charge in [-0.2, -0.15) is 0 Å². The number of imide groups is 1. The van der Waals surface area contributed by atoms with Gasteiger partial charge in [-0.25, -0.2) is 0 Å². The van der Waals surface area contributed by atoms with Crippen molar-refractivity contribution in [3.63, 3.8) is 0 Å². The van der Waals surface area contributed by atoms with E-state index in [9.17, 15) is 19.2 Å². The third-order valence-electron chi connectivity index (χ3n) is 3.03. The molecule has 0 saturated carbocycles. The van der Waals surface area contributed by atoms with Crippen molar-refractivity contribution in [3.8, 4) is 0 Å². The van der Waals surface area contributed by atoms with Crippen LogP contribution in [0.15, 0.2) is 30.3 Å². The van der Waals surface area contributed by atoms with Crippen LogP contribution in [-0.2, 0) is 19.1 Å². The van der Waals surface area contributed by atoms with Crippen molar-refractivity contribution >= 4 is 40.5 Å². The Kier molecular flexibility index (Phi) is 5.75. The second kappa shape index (κ2) is 7.77. The number of nitrogens with zero attached hydrogens (tertiary/aromatic N) is 1. The van der Waals surface area contributed by atoms with Gasteiger partial charge in [0.25, 0.3) is 5.24 Å². The first kappa shape index (κ1) is 17.0. The van der Waals surface area contributed by atoms with E-state index in [1.54, 1.807) is 31.2 Å². The number of para-hydroxylation sites is 1. The number of benzene rings is 1. The molecule has 1 unspecified atom stereocenters. The van der Waals surface area contributed by atoms with Crippen molar-refractivity contribution in [2.24, 2.45) is 0 Å². The summed E-state index contributed by atoms with van der Waals surface area (Å²) < 4.78 is 4.72. The lowest BCUT2D eigenvalue weighted by Gasteiger charge is -2.12. The molecule has 7 nitrogen and oxygen atoms in total. The first-order valence-electron chi connectivity index (χ1n) is 7.03. The van der Waals surface area contributed by atoms with Crippen LogP contribution in [0.3, 0.4) is 0 Å². The molecule has 0 spiro atoms. The van der Waals surface area contributed by atoms with Crippen molar-refractivity contribution in [1.29, 1.82) is 0 Å². The highest BCUT2D eigenvalue weighted by atomic mass is 32.2. The van der Waals surface area contributed by atoms with Crippen molar-refractivity contribution in [2.75, 3.05) is 18.5 Å². The van der Waals surface area contributed by atoms with Crippen molar-refractivity contribution in [2.45, 2.75) is 18.6 Å². The molecule has 122 valence electrons. The molecule has 1 aliphatic heterocycles. The van der Waals surface area contributed by atoms with Gasteiger partial charge < -0.3 is 10.1 Å². The lowest BCUT2D eigenvalue weighted by molar-refractivity contribution is -0.146. The van der Waals surface area contributed by atoms with Crippen LogP contribution in [0.1, 0.15) is 13.3 Å². The first-order valence-corrected chi connectivity index (χ1v) is 7.91. The second-order valence-electron chi connectivity index (χ2n) is 4.72. The normalized spacial score (nSPS) is 17.3. The van der Waals surface area contributed by atoms with E-state index < -0.39 is 28.9 Å². The average molecular weight is 336 g/mol. The summed E-state index contributed by atoms with van der Waals surface area (Å²) in [5.74, 6) is -1.56. The van der Waals surface area contributed by atoms with Crippen molar-refractivity contribution in [1.82, 2.24) is 4.90 Å². The van der Waals surface area contributed by atoms with Crippen LogP contribution in [0.5, 0.6) is 0 Å². The zero-order chi connectivity index (χ0) is 16.8. The molecule has 0 radical (unpaired) electrons. The molecule has 1 atom stereocenters. The van der Waals surface area contributed by atoms with E-state index in [0.29, 0.717) is 5.69 Å². The Morgan fingerprint density at radius 1 is 1.26 bits per heavy atom. The zero-order valence-corrected chi connectivity index (χ0v) is 13.3. The Balaban J connectivity index is 1.91. The molecule has 2 rings (SSSR count). The van der Waals surface area contributed by atoms with E-state index in [2.05, 4.69) is 5.32 Å². The van der Waals surface area contributed by atoms with Gasteiger partial charge in [-0.1, -0.05) is 30.0 Å². The van der Waals surface area contributed by atoms with Crippen LogP contribution in [-0.4, -0.2) is 46.3 Å². The number of esters is 1. The summed E-state index contributed by atoms with van der Waals surface area (Å²) in [6, 6.07) is 8.81. The summed E-state index contributed by atoms with van der Waals surface area (Å²) in [6.07, 6.45) is -0.135. The minimum absolute atomic E-state index is 0.135. The molecule has 1 aromatic rings. The Hall–Kier alpha value is -2.35. The van der Waals surface area contributed by atoms with E-state index in [1.165, 1.54) is 0 Å². The van der Waals surface area contributed by atoms with Gasteiger partial charge in [-0.05, 0) is 19.1 Å². The number of amides is 3. The van der Waals surface area contributed by atoms with E-state index in [0.717, 1.165) is 16.7 Å². The molecular formula is C15H16N2O5S. The van der Waals surface area contributed by atoms with Crippen LogP contribution < -0.4 is 5.32 Å². The number of carbonyl (C=O) groups excluding carboxylic acids is 4. The van der Waals surface area contributed by atoms with Gasteiger partial charge in [-0.15, -0.1) is 0 Å².